The largest absolute Gasteiger partial charge is 0.282 e. The van der Waals surface area contributed by atoms with Crippen LogP contribution >= 0.6 is 46.4 Å². The molecule has 0 fully saturated rings. The third kappa shape index (κ3) is 5.21. The van der Waals surface area contributed by atoms with E-state index in [1.165, 1.54) is 24.3 Å². The zero-order chi connectivity index (χ0) is 23.8. The highest BCUT2D eigenvalue weighted by Gasteiger charge is 2.39. The molecule has 0 saturated carbocycles. The number of aryl methyl sites for hydroxylation is 2. The third-order valence-corrected chi connectivity index (χ3v) is 9.01. The molecule has 12 heteroatoms. The predicted molar refractivity (Wildman–Crippen MR) is 130 cm³/mol. The van der Waals surface area contributed by atoms with Crippen LogP contribution in [0.4, 0.5) is 0 Å². The van der Waals surface area contributed by atoms with Crippen molar-refractivity contribution in [2.75, 3.05) is 0 Å². The number of sulfonamides is 2. The van der Waals surface area contributed by atoms with Crippen molar-refractivity contribution in [2.24, 2.45) is 8.80 Å². The van der Waals surface area contributed by atoms with Crippen LogP contribution in [0.3, 0.4) is 0 Å². The van der Waals surface area contributed by atoms with Crippen molar-refractivity contribution >= 4 is 77.9 Å². The molecule has 2 aromatic rings. The van der Waals surface area contributed by atoms with E-state index in [1.807, 2.05) is 0 Å². The number of hydrogen-bond acceptors (Lipinski definition) is 4. The van der Waals surface area contributed by atoms with E-state index in [9.17, 15) is 16.8 Å². The molecule has 0 amide bonds. The summed E-state index contributed by atoms with van der Waals surface area (Å²) in [4.78, 5) is -0.153. The first kappa shape index (κ1) is 25.2. The van der Waals surface area contributed by atoms with Gasteiger partial charge in [-0.15, -0.1) is 23.2 Å². The molecule has 0 radical (unpaired) electrons. The second-order valence-electron chi connectivity index (χ2n) is 6.96. The Bertz CT molecular complexity index is 1240. The molecule has 0 aromatic heterocycles. The molecule has 0 aliphatic heterocycles. The highest BCUT2D eigenvalue weighted by Crippen LogP contribution is 2.35. The Labute approximate surface area is 206 Å². The standard InChI is InChI=1S/C20H16Cl4N2O4S2/c1-11-3-7-13(8-4-11)31(27,28)25-19-15(21)17(23)20(18(24)16(19)22)26-32(29,30)14-9-5-12(2)6-10-14/h3-10,15,17H,1-2H3/t15-,17-/m0/s1. The predicted octanol–water partition coefficient (Wildman–Crippen LogP) is 5.18. The molecule has 0 unspecified atom stereocenters. The summed E-state index contributed by atoms with van der Waals surface area (Å²) in [5, 5.41) is -3.31. The highest BCUT2D eigenvalue weighted by atomic mass is 35.5. The third-order valence-electron chi connectivity index (χ3n) is 4.50. The van der Waals surface area contributed by atoms with E-state index >= 15 is 0 Å². The van der Waals surface area contributed by atoms with Gasteiger partial charge in [0.15, 0.2) is 0 Å². The van der Waals surface area contributed by atoms with E-state index in [0.29, 0.717) is 0 Å². The van der Waals surface area contributed by atoms with Crippen molar-refractivity contribution in [1.29, 1.82) is 0 Å². The van der Waals surface area contributed by atoms with Crippen LogP contribution in [-0.4, -0.2) is 39.0 Å². The summed E-state index contributed by atoms with van der Waals surface area (Å²) in [6.07, 6.45) is 0. The van der Waals surface area contributed by atoms with Crippen molar-refractivity contribution < 1.29 is 16.8 Å². The van der Waals surface area contributed by atoms with Gasteiger partial charge in [0.1, 0.15) is 10.8 Å². The molecule has 0 saturated heterocycles. The zero-order valence-electron chi connectivity index (χ0n) is 16.6. The Morgan fingerprint density at radius 1 is 0.625 bits per heavy atom. The van der Waals surface area contributed by atoms with E-state index in [2.05, 4.69) is 8.80 Å². The quantitative estimate of drug-likeness (QED) is 0.487. The summed E-state index contributed by atoms with van der Waals surface area (Å²) < 4.78 is 58.2. The summed E-state index contributed by atoms with van der Waals surface area (Å²) in [7, 11) is -8.36. The number of benzene rings is 2. The molecule has 0 heterocycles. The molecule has 32 heavy (non-hydrogen) atoms. The van der Waals surface area contributed by atoms with Gasteiger partial charge in [0.2, 0.25) is 0 Å². The summed E-state index contributed by atoms with van der Waals surface area (Å²) in [5.74, 6) is 0. The molecule has 1 aliphatic carbocycles. The van der Waals surface area contributed by atoms with Gasteiger partial charge in [-0.05, 0) is 38.1 Å². The topological polar surface area (TPSA) is 93.0 Å². The van der Waals surface area contributed by atoms with Gasteiger partial charge in [0.05, 0.1) is 31.3 Å². The second kappa shape index (κ2) is 9.44. The maximum Gasteiger partial charge on any atom is 0.282 e. The van der Waals surface area contributed by atoms with Crippen molar-refractivity contribution in [3.05, 3.63) is 69.7 Å². The number of halogens is 4. The van der Waals surface area contributed by atoms with Crippen LogP contribution in [0.15, 0.2) is 77.2 Å². The summed E-state index contributed by atoms with van der Waals surface area (Å²) in [5.41, 5.74) is 1.13. The van der Waals surface area contributed by atoms with Gasteiger partial charge in [-0.3, -0.25) is 0 Å². The van der Waals surface area contributed by atoms with E-state index < -0.39 is 30.8 Å². The summed E-state index contributed by atoms with van der Waals surface area (Å²) >= 11 is 25.1. The molecule has 3 rings (SSSR count). The van der Waals surface area contributed by atoms with Crippen LogP contribution in [0.25, 0.3) is 0 Å². The summed E-state index contributed by atoms with van der Waals surface area (Å²) in [6, 6.07) is 12.0. The highest BCUT2D eigenvalue weighted by molar-refractivity contribution is 7.90. The van der Waals surface area contributed by atoms with Gasteiger partial charge in [0, 0.05) is 0 Å². The normalized spacial score (nSPS) is 22.6. The van der Waals surface area contributed by atoms with Gasteiger partial charge in [-0.2, -0.15) is 25.6 Å². The van der Waals surface area contributed by atoms with E-state index in [1.54, 1.807) is 38.1 Å². The Morgan fingerprint density at radius 3 is 1.19 bits per heavy atom. The fourth-order valence-electron chi connectivity index (χ4n) is 2.71. The van der Waals surface area contributed by atoms with E-state index in [0.717, 1.165) is 11.1 Å². The number of alkyl halides is 2. The molecular formula is C20H16Cl4N2O4S2. The lowest BCUT2D eigenvalue weighted by molar-refractivity contribution is 0.596. The molecule has 0 N–H and O–H groups in total. The van der Waals surface area contributed by atoms with Crippen molar-refractivity contribution in [3.63, 3.8) is 0 Å². The van der Waals surface area contributed by atoms with Crippen LogP contribution in [0, 0.1) is 13.8 Å². The Kier molecular flexibility index (Phi) is 7.44. The first-order chi connectivity index (χ1) is 14.8. The lowest BCUT2D eigenvalue weighted by atomic mass is 10.0. The first-order valence-electron chi connectivity index (χ1n) is 9.01. The fraction of sp³-hybridized carbons (Fsp3) is 0.200. The molecule has 2 aromatic carbocycles. The smallest absolute Gasteiger partial charge is 0.199 e. The number of nitrogens with zero attached hydrogens (tertiary/aromatic N) is 2. The van der Waals surface area contributed by atoms with Gasteiger partial charge >= 0.3 is 0 Å². The Balaban J connectivity index is 2.09. The van der Waals surface area contributed by atoms with E-state index in [-0.39, 0.29) is 31.3 Å². The summed E-state index contributed by atoms with van der Waals surface area (Å²) in [6.45, 7) is 3.61. The lowest BCUT2D eigenvalue weighted by Crippen LogP contribution is -2.38. The number of rotatable bonds is 4. The molecule has 2 atom stereocenters. The Hall–Kier alpha value is -1.42. The average Bonchev–Trinajstić information content (AvgIpc) is 2.73. The Morgan fingerprint density at radius 2 is 0.906 bits per heavy atom. The molecule has 0 bridgehead atoms. The lowest BCUT2D eigenvalue weighted by Gasteiger charge is -2.25. The molecule has 6 nitrogen and oxygen atoms in total. The monoisotopic (exact) mass is 552 g/mol. The minimum atomic E-state index is -4.18. The van der Waals surface area contributed by atoms with Crippen LogP contribution in [0.5, 0.6) is 0 Å². The number of hydrogen-bond donors (Lipinski definition) is 0. The van der Waals surface area contributed by atoms with Crippen molar-refractivity contribution in [1.82, 2.24) is 0 Å². The van der Waals surface area contributed by atoms with Crippen molar-refractivity contribution in [3.8, 4) is 0 Å². The average molecular weight is 554 g/mol. The van der Waals surface area contributed by atoms with Crippen LogP contribution in [-0.2, 0) is 20.0 Å². The molecule has 1 aliphatic rings. The van der Waals surface area contributed by atoms with Crippen LogP contribution < -0.4 is 0 Å². The van der Waals surface area contributed by atoms with Crippen LogP contribution in [0.2, 0.25) is 0 Å². The van der Waals surface area contributed by atoms with Gasteiger partial charge < -0.3 is 0 Å². The SMILES string of the molecule is Cc1ccc(S(=O)(=O)N=C2C(Cl)=C(Cl)C(=NS(=O)(=O)c3ccc(C)cc3)[C@@H](Cl)[C@@H]2Cl)cc1. The van der Waals surface area contributed by atoms with Crippen molar-refractivity contribution in [2.45, 2.75) is 34.4 Å². The maximum absolute atomic E-state index is 12.7. The minimum Gasteiger partial charge on any atom is -0.199 e. The van der Waals surface area contributed by atoms with E-state index in [4.69, 9.17) is 46.4 Å². The maximum atomic E-state index is 12.7. The van der Waals surface area contributed by atoms with Gasteiger partial charge in [-0.1, -0.05) is 58.6 Å². The zero-order valence-corrected chi connectivity index (χ0v) is 21.3. The first-order valence-corrected chi connectivity index (χ1v) is 13.5. The van der Waals surface area contributed by atoms with Gasteiger partial charge in [-0.25, -0.2) is 0 Å². The number of allylic oxidation sites excluding steroid dienone is 2. The molecule has 0 spiro atoms. The van der Waals surface area contributed by atoms with Crippen LogP contribution in [0.1, 0.15) is 11.1 Å². The fourth-order valence-corrected chi connectivity index (χ4v) is 6.20. The van der Waals surface area contributed by atoms with Gasteiger partial charge in [0.25, 0.3) is 20.0 Å². The molecule has 170 valence electrons. The minimum absolute atomic E-state index is 0.0763. The molecular weight excluding hydrogens is 538 g/mol. The second-order valence-corrected chi connectivity index (χ2v) is 11.9.